The summed E-state index contributed by atoms with van der Waals surface area (Å²) < 4.78 is 5.49. The van der Waals surface area contributed by atoms with Crippen molar-refractivity contribution in [2.45, 2.75) is 19.8 Å². The first-order chi connectivity index (χ1) is 5.84. The molecule has 1 fully saturated rings. The van der Waals surface area contributed by atoms with Crippen LogP contribution in [0, 0.1) is 5.92 Å². The van der Waals surface area contributed by atoms with Crippen LogP contribution in [0.1, 0.15) is 19.8 Å². The summed E-state index contributed by atoms with van der Waals surface area (Å²) in [5.41, 5.74) is 1.53. The summed E-state index contributed by atoms with van der Waals surface area (Å²) in [6, 6.07) is 0. The Hall–Kier alpha value is -0.980. The van der Waals surface area contributed by atoms with Gasteiger partial charge in [0.2, 0.25) is 0 Å². The first-order valence-electron chi connectivity index (χ1n) is 4.54. The molecule has 1 heterocycles. The number of ether oxygens (including phenoxy) is 1. The van der Waals surface area contributed by atoms with E-state index in [9.17, 15) is 0 Å². The van der Waals surface area contributed by atoms with Crippen molar-refractivity contribution in [2.24, 2.45) is 5.92 Å². The fourth-order valence-electron chi connectivity index (χ4n) is 1.69. The molecular weight excluding hydrogens is 148 g/mol. The fraction of sp³-hybridized carbons (Fsp3) is 0.455. The van der Waals surface area contributed by atoms with Gasteiger partial charge in [0.25, 0.3) is 0 Å². The molecule has 2 rings (SSSR count). The van der Waals surface area contributed by atoms with Crippen molar-refractivity contribution in [1.82, 2.24) is 0 Å². The van der Waals surface area contributed by atoms with Crippen molar-refractivity contribution in [3.63, 3.8) is 0 Å². The van der Waals surface area contributed by atoms with Gasteiger partial charge in [-0.15, -0.1) is 0 Å². The number of allylic oxidation sites excluding steroid dienone is 5. The summed E-state index contributed by atoms with van der Waals surface area (Å²) in [5.74, 6) is 1.70. The average Bonchev–Trinajstić information content (AvgIpc) is 2.03. The van der Waals surface area contributed by atoms with Gasteiger partial charge in [-0.25, -0.2) is 0 Å². The van der Waals surface area contributed by atoms with E-state index in [1.807, 2.05) is 0 Å². The molecule has 0 aromatic carbocycles. The Kier molecular flexibility index (Phi) is 2.03. The van der Waals surface area contributed by atoms with Crippen LogP contribution in [0.4, 0.5) is 0 Å². The Morgan fingerprint density at radius 3 is 3.33 bits per heavy atom. The van der Waals surface area contributed by atoms with Gasteiger partial charge in [-0.05, 0) is 12.0 Å². The molecule has 64 valence electrons. The molecule has 0 unspecified atom stereocenters. The highest BCUT2D eigenvalue weighted by molar-refractivity contribution is 5.23. The monoisotopic (exact) mass is 162 g/mol. The lowest BCUT2D eigenvalue weighted by atomic mass is 9.98. The first-order valence-corrected chi connectivity index (χ1v) is 4.54. The first kappa shape index (κ1) is 7.66. The minimum atomic E-state index is 0.580. The maximum Gasteiger partial charge on any atom is 0.1000 e. The van der Waals surface area contributed by atoms with Gasteiger partial charge < -0.3 is 4.74 Å². The summed E-state index contributed by atoms with van der Waals surface area (Å²) in [6.07, 6.45) is 10.9. The van der Waals surface area contributed by atoms with Crippen LogP contribution in [-0.4, -0.2) is 6.61 Å². The van der Waals surface area contributed by atoms with Crippen LogP contribution in [0.3, 0.4) is 0 Å². The van der Waals surface area contributed by atoms with E-state index in [2.05, 4.69) is 31.2 Å². The topological polar surface area (TPSA) is 9.23 Å². The Balaban J connectivity index is 2.28. The molecule has 2 bridgehead atoms. The van der Waals surface area contributed by atoms with E-state index >= 15 is 0 Å². The Labute approximate surface area is 73.4 Å². The minimum absolute atomic E-state index is 0.580. The van der Waals surface area contributed by atoms with Gasteiger partial charge in [-0.3, -0.25) is 0 Å². The molecule has 2 aliphatic rings. The quantitative estimate of drug-likeness (QED) is 0.498. The molecule has 0 aromatic rings. The van der Waals surface area contributed by atoms with Gasteiger partial charge in [0, 0.05) is 12.8 Å². The van der Waals surface area contributed by atoms with Crippen molar-refractivity contribution in [3.8, 4) is 0 Å². The van der Waals surface area contributed by atoms with Crippen LogP contribution in [0.25, 0.3) is 0 Å². The largest absolute Gasteiger partial charge is 0.497 e. The Morgan fingerprint density at radius 2 is 2.42 bits per heavy atom. The molecule has 0 aromatic heterocycles. The van der Waals surface area contributed by atoms with Crippen LogP contribution in [0.5, 0.6) is 0 Å². The maximum absolute atomic E-state index is 5.49. The highest BCUT2D eigenvalue weighted by Crippen LogP contribution is 2.25. The lowest BCUT2D eigenvalue weighted by Gasteiger charge is -2.21. The lowest BCUT2D eigenvalue weighted by Crippen LogP contribution is -2.07. The van der Waals surface area contributed by atoms with Gasteiger partial charge in [0.15, 0.2) is 0 Å². The molecule has 0 radical (unpaired) electrons. The van der Waals surface area contributed by atoms with Gasteiger partial charge in [0.1, 0.15) is 0 Å². The Bertz CT molecular complexity index is 258. The molecule has 0 saturated carbocycles. The third-order valence-corrected chi connectivity index (χ3v) is 2.31. The van der Waals surface area contributed by atoms with Crippen LogP contribution in [0.15, 0.2) is 35.6 Å². The molecule has 1 saturated heterocycles. The molecule has 12 heavy (non-hydrogen) atoms. The van der Waals surface area contributed by atoms with Crippen molar-refractivity contribution >= 4 is 0 Å². The second-order valence-corrected chi connectivity index (χ2v) is 3.48. The molecular formula is C11H14O. The average molecular weight is 162 g/mol. The molecule has 0 amide bonds. The zero-order valence-corrected chi connectivity index (χ0v) is 7.42. The maximum atomic E-state index is 5.49. The van der Waals surface area contributed by atoms with Gasteiger partial charge in [0.05, 0.1) is 12.4 Å². The van der Waals surface area contributed by atoms with E-state index in [0.717, 1.165) is 25.2 Å². The van der Waals surface area contributed by atoms with Crippen LogP contribution >= 0.6 is 0 Å². The minimum Gasteiger partial charge on any atom is -0.497 e. The van der Waals surface area contributed by atoms with E-state index in [1.165, 1.54) is 5.57 Å². The standard InChI is InChI=1S/C11H14O/c1-9-3-2-4-11-8-10(7-9)5-6-12-11/h2-4,7,9H,5-6,8H2,1H3/b3-2?,10-7-,11-4+/t9-/m1/s1. The van der Waals surface area contributed by atoms with Crippen LogP contribution in [0.2, 0.25) is 0 Å². The van der Waals surface area contributed by atoms with Gasteiger partial charge in [-0.1, -0.05) is 30.7 Å². The predicted molar refractivity (Wildman–Crippen MR) is 49.7 cm³/mol. The number of hydrogen-bond acceptors (Lipinski definition) is 1. The second kappa shape index (κ2) is 3.18. The molecule has 1 heteroatoms. The van der Waals surface area contributed by atoms with Crippen molar-refractivity contribution in [1.29, 1.82) is 0 Å². The Morgan fingerprint density at radius 1 is 1.50 bits per heavy atom. The summed E-state index contributed by atoms with van der Waals surface area (Å²) in [4.78, 5) is 0. The van der Waals surface area contributed by atoms with E-state index in [1.54, 1.807) is 0 Å². The van der Waals surface area contributed by atoms with Crippen molar-refractivity contribution in [2.75, 3.05) is 6.61 Å². The molecule has 0 N–H and O–H groups in total. The zero-order chi connectivity index (χ0) is 8.39. The molecule has 1 nitrogen and oxygen atoms in total. The van der Waals surface area contributed by atoms with Crippen molar-refractivity contribution in [3.05, 3.63) is 35.6 Å². The SMILES string of the molecule is C[C@@H]1C=C/C=C2\C/C(=C\1)CCO2. The fourth-order valence-corrected chi connectivity index (χ4v) is 1.69. The van der Waals surface area contributed by atoms with Crippen molar-refractivity contribution < 1.29 is 4.74 Å². The highest BCUT2D eigenvalue weighted by atomic mass is 16.5. The van der Waals surface area contributed by atoms with Gasteiger partial charge in [-0.2, -0.15) is 0 Å². The molecule has 1 atom stereocenters. The summed E-state index contributed by atoms with van der Waals surface area (Å²) in [6.45, 7) is 3.08. The van der Waals surface area contributed by atoms with E-state index < -0.39 is 0 Å². The predicted octanol–water partition coefficient (Wildman–Crippen LogP) is 2.81. The van der Waals surface area contributed by atoms with Crippen LogP contribution < -0.4 is 0 Å². The number of hydrogen-bond donors (Lipinski definition) is 0. The molecule has 0 spiro atoms. The number of rotatable bonds is 0. The number of fused-ring (bicyclic) bond motifs is 2. The van der Waals surface area contributed by atoms with E-state index in [0.29, 0.717) is 5.92 Å². The highest BCUT2D eigenvalue weighted by Gasteiger charge is 2.12. The van der Waals surface area contributed by atoms with Crippen LogP contribution in [-0.2, 0) is 4.74 Å². The lowest BCUT2D eigenvalue weighted by molar-refractivity contribution is 0.189. The zero-order valence-electron chi connectivity index (χ0n) is 7.42. The normalized spacial score (nSPS) is 36.6. The third-order valence-electron chi connectivity index (χ3n) is 2.31. The third kappa shape index (κ3) is 1.60. The van der Waals surface area contributed by atoms with E-state index in [-0.39, 0.29) is 0 Å². The second-order valence-electron chi connectivity index (χ2n) is 3.48. The van der Waals surface area contributed by atoms with E-state index in [4.69, 9.17) is 4.74 Å². The smallest absolute Gasteiger partial charge is 0.1000 e. The molecule has 1 aliphatic heterocycles. The van der Waals surface area contributed by atoms with Gasteiger partial charge >= 0.3 is 0 Å². The summed E-state index contributed by atoms with van der Waals surface area (Å²) in [5, 5.41) is 0. The molecule has 1 aliphatic carbocycles. The summed E-state index contributed by atoms with van der Waals surface area (Å²) in [7, 11) is 0. The summed E-state index contributed by atoms with van der Waals surface area (Å²) >= 11 is 0.